The first-order valence-electron chi connectivity index (χ1n) is 13.0. The van der Waals surface area contributed by atoms with Crippen molar-refractivity contribution in [3.05, 3.63) is 72.8 Å². The van der Waals surface area contributed by atoms with E-state index in [1.807, 2.05) is 72.6 Å². The van der Waals surface area contributed by atoms with Gasteiger partial charge in [0.25, 0.3) is 5.88 Å². The summed E-state index contributed by atoms with van der Waals surface area (Å²) < 4.78 is 17.6. The number of fused-ring (bicyclic) bond motifs is 2. The highest BCUT2D eigenvalue weighted by molar-refractivity contribution is 7.22. The number of amides is 2. The lowest BCUT2D eigenvalue weighted by molar-refractivity contribution is 0.143. The van der Waals surface area contributed by atoms with Gasteiger partial charge >= 0.3 is 12.2 Å². The molecule has 214 valence electrons. The number of carbonyl (C=O) groups is 2. The molecule has 3 heterocycles. The van der Waals surface area contributed by atoms with E-state index >= 15 is 0 Å². The van der Waals surface area contributed by atoms with Crippen LogP contribution in [0.2, 0.25) is 0 Å². The van der Waals surface area contributed by atoms with Gasteiger partial charge in [0.05, 0.1) is 29.0 Å². The monoisotopic (exact) mass is 603 g/mol. The first kappa shape index (κ1) is 27.3. The SMILES string of the molecule is CN(CCOc1ccccc1)c1sc(-c2ccc3c(c2)N(C(=O)Nc2nc4ccccc4s2)CCO3)nc1OC(=O)O. The maximum atomic E-state index is 13.3. The molecule has 13 heteroatoms. The zero-order valence-electron chi connectivity index (χ0n) is 22.4. The molecular formula is C29H25N5O6S2. The molecule has 3 aromatic carbocycles. The smallest absolute Gasteiger partial charge is 0.492 e. The Bertz CT molecular complexity index is 1710. The fourth-order valence-corrected chi connectivity index (χ4v) is 6.21. The van der Waals surface area contributed by atoms with Gasteiger partial charge in [0.2, 0.25) is 0 Å². The molecule has 11 nitrogen and oxygen atoms in total. The lowest BCUT2D eigenvalue weighted by atomic mass is 10.1. The molecule has 0 saturated carbocycles. The molecule has 2 aromatic heterocycles. The number of nitrogens with zero attached hydrogens (tertiary/aromatic N) is 4. The number of anilines is 3. The summed E-state index contributed by atoms with van der Waals surface area (Å²) >= 11 is 2.68. The third-order valence-electron chi connectivity index (χ3n) is 6.37. The summed E-state index contributed by atoms with van der Waals surface area (Å²) in [6.07, 6.45) is -1.46. The number of thiazole rings is 2. The van der Waals surface area contributed by atoms with Crippen molar-refractivity contribution in [1.29, 1.82) is 0 Å². The Hall–Kier alpha value is -4.88. The van der Waals surface area contributed by atoms with Crippen molar-refractivity contribution in [2.45, 2.75) is 0 Å². The predicted octanol–water partition coefficient (Wildman–Crippen LogP) is 6.42. The largest absolute Gasteiger partial charge is 0.512 e. The maximum absolute atomic E-state index is 13.3. The Morgan fingerprint density at radius 1 is 1.07 bits per heavy atom. The Kier molecular flexibility index (Phi) is 7.75. The van der Waals surface area contributed by atoms with Crippen LogP contribution in [0, 0.1) is 0 Å². The average Bonchev–Trinajstić information content (AvgIpc) is 3.60. The van der Waals surface area contributed by atoms with Gasteiger partial charge in [0.1, 0.15) is 29.7 Å². The number of carboxylic acid groups (broad SMARTS) is 1. The zero-order valence-corrected chi connectivity index (χ0v) is 24.0. The minimum absolute atomic E-state index is 0.0240. The van der Waals surface area contributed by atoms with Crippen molar-refractivity contribution in [1.82, 2.24) is 9.97 Å². The van der Waals surface area contributed by atoms with E-state index in [1.165, 1.54) is 22.7 Å². The van der Waals surface area contributed by atoms with E-state index in [4.69, 9.17) is 14.2 Å². The minimum Gasteiger partial charge on any atom is -0.492 e. The number of rotatable bonds is 8. The van der Waals surface area contributed by atoms with Crippen LogP contribution in [0.3, 0.4) is 0 Å². The molecule has 0 aliphatic carbocycles. The van der Waals surface area contributed by atoms with Crippen molar-refractivity contribution < 1.29 is 28.9 Å². The van der Waals surface area contributed by atoms with Crippen molar-refractivity contribution in [2.75, 3.05) is 48.5 Å². The predicted molar refractivity (Wildman–Crippen MR) is 163 cm³/mol. The van der Waals surface area contributed by atoms with Crippen molar-refractivity contribution >= 4 is 60.9 Å². The van der Waals surface area contributed by atoms with Crippen LogP contribution >= 0.6 is 22.7 Å². The standard InChI is InChI=1S/C29H25N5O6S2/c1-33(13-15-38-19-7-3-2-4-8-19)26-24(40-29(36)37)31-25(42-26)18-11-12-22-21(17-18)34(14-16-39-22)28(35)32-27-30-20-9-5-6-10-23(20)41-27/h2-12,17H,13-16H2,1H3,(H,36,37)(H,30,32,35). The minimum atomic E-state index is -1.46. The third-order valence-corrected chi connectivity index (χ3v) is 8.52. The summed E-state index contributed by atoms with van der Waals surface area (Å²) in [6.45, 7) is 1.51. The number of benzene rings is 3. The second kappa shape index (κ2) is 11.9. The second-order valence-electron chi connectivity index (χ2n) is 9.18. The summed E-state index contributed by atoms with van der Waals surface area (Å²) in [7, 11) is 1.81. The van der Waals surface area contributed by atoms with E-state index in [9.17, 15) is 14.7 Å². The number of hydrogen-bond acceptors (Lipinski definition) is 10. The van der Waals surface area contributed by atoms with Gasteiger partial charge in [0, 0.05) is 12.6 Å². The van der Waals surface area contributed by atoms with E-state index < -0.39 is 6.16 Å². The van der Waals surface area contributed by atoms with E-state index in [-0.39, 0.29) is 11.9 Å². The summed E-state index contributed by atoms with van der Waals surface area (Å²) in [4.78, 5) is 37.2. The van der Waals surface area contributed by atoms with Crippen LogP contribution in [0.1, 0.15) is 0 Å². The molecule has 2 N–H and O–H groups in total. The summed E-state index contributed by atoms with van der Waals surface area (Å²) in [6, 6.07) is 22.2. The molecule has 2 amide bonds. The molecular weight excluding hydrogens is 578 g/mol. The van der Waals surface area contributed by atoms with E-state index in [1.54, 1.807) is 17.0 Å². The molecule has 6 rings (SSSR count). The number of hydrogen-bond donors (Lipinski definition) is 2. The molecule has 0 bridgehead atoms. The molecule has 1 aliphatic rings. The number of para-hydroxylation sites is 2. The molecule has 0 radical (unpaired) electrons. The van der Waals surface area contributed by atoms with Gasteiger partial charge in [-0.25, -0.2) is 14.6 Å². The van der Waals surface area contributed by atoms with Crippen molar-refractivity contribution in [3.63, 3.8) is 0 Å². The Morgan fingerprint density at radius 3 is 2.69 bits per heavy atom. The molecule has 0 spiro atoms. The highest BCUT2D eigenvalue weighted by Gasteiger charge is 2.27. The number of likely N-dealkylation sites (N-methyl/N-ethyl adjacent to an activating group) is 1. The Labute approximate surface area is 248 Å². The second-order valence-corrected chi connectivity index (χ2v) is 11.2. The summed E-state index contributed by atoms with van der Waals surface area (Å²) in [5, 5.41) is 13.8. The van der Waals surface area contributed by atoms with Crippen LogP contribution in [0.4, 0.5) is 25.4 Å². The van der Waals surface area contributed by atoms with Crippen molar-refractivity contribution in [3.8, 4) is 28.0 Å². The van der Waals surface area contributed by atoms with Gasteiger partial charge in [-0.05, 0) is 42.5 Å². The molecule has 0 fully saturated rings. The lowest BCUT2D eigenvalue weighted by Crippen LogP contribution is -2.40. The zero-order chi connectivity index (χ0) is 29.1. The van der Waals surface area contributed by atoms with Gasteiger partial charge in [-0.2, -0.15) is 4.98 Å². The van der Waals surface area contributed by atoms with Gasteiger partial charge in [0.15, 0.2) is 10.1 Å². The molecule has 0 unspecified atom stereocenters. The highest BCUT2D eigenvalue weighted by Crippen LogP contribution is 2.42. The number of urea groups is 1. The van der Waals surface area contributed by atoms with Crippen LogP contribution in [-0.4, -0.2) is 60.6 Å². The van der Waals surface area contributed by atoms with Gasteiger partial charge in [-0.3, -0.25) is 10.2 Å². The first-order valence-corrected chi connectivity index (χ1v) is 14.6. The maximum Gasteiger partial charge on any atom is 0.512 e. The first-order chi connectivity index (χ1) is 20.4. The van der Waals surface area contributed by atoms with E-state index in [0.29, 0.717) is 58.4 Å². The number of aromatic nitrogens is 2. The summed E-state index contributed by atoms with van der Waals surface area (Å²) in [5.41, 5.74) is 2.06. The number of ether oxygens (including phenoxy) is 3. The third kappa shape index (κ3) is 5.92. The summed E-state index contributed by atoms with van der Waals surface area (Å²) in [5.74, 6) is 1.27. The molecule has 42 heavy (non-hydrogen) atoms. The van der Waals surface area contributed by atoms with Crippen molar-refractivity contribution in [2.24, 2.45) is 0 Å². The quantitative estimate of drug-likeness (QED) is 0.193. The fourth-order valence-electron chi connectivity index (χ4n) is 4.38. The topological polar surface area (TPSA) is 126 Å². The van der Waals surface area contributed by atoms with Gasteiger partial charge < -0.3 is 24.2 Å². The van der Waals surface area contributed by atoms with Gasteiger partial charge in [-0.1, -0.05) is 53.0 Å². The number of carbonyl (C=O) groups excluding carboxylic acids is 1. The Morgan fingerprint density at radius 2 is 1.88 bits per heavy atom. The highest BCUT2D eigenvalue weighted by atomic mass is 32.1. The molecule has 5 aromatic rings. The fraction of sp³-hybridized carbons (Fsp3) is 0.172. The molecule has 0 saturated heterocycles. The normalized spacial score (nSPS) is 12.4. The molecule has 0 atom stereocenters. The lowest BCUT2D eigenvalue weighted by Gasteiger charge is -2.29. The molecule has 1 aliphatic heterocycles. The van der Waals surface area contributed by atoms with E-state index in [2.05, 4.69) is 15.3 Å². The Balaban J connectivity index is 1.23. The van der Waals surface area contributed by atoms with Crippen LogP contribution in [0.15, 0.2) is 72.8 Å². The van der Waals surface area contributed by atoms with Crippen LogP contribution in [0.25, 0.3) is 20.8 Å². The van der Waals surface area contributed by atoms with Crippen LogP contribution < -0.4 is 29.3 Å². The van der Waals surface area contributed by atoms with Gasteiger partial charge in [-0.15, -0.1) is 0 Å². The van der Waals surface area contributed by atoms with Crippen LogP contribution in [-0.2, 0) is 0 Å². The average molecular weight is 604 g/mol. The number of nitrogens with one attached hydrogen (secondary N) is 1. The van der Waals surface area contributed by atoms with Crippen LogP contribution in [0.5, 0.6) is 17.4 Å². The van der Waals surface area contributed by atoms with E-state index in [0.717, 1.165) is 16.0 Å².